The van der Waals surface area contributed by atoms with Crippen LogP contribution in [0.15, 0.2) is 0 Å². The van der Waals surface area contributed by atoms with E-state index in [1.54, 1.807) is 11.8 Å². The van der Waals surface area contributed by atoms with Crippen molar-refractivity contribution in [2.75, 3.05) is 18.9 Å². The highest BCUT2D eigenvalue weighted by atomic mass is 32.2. The number of hydrogen-bond acceptors (Lipinski definition) is 3. The molecular formula is C10H19NO2S. The van der Waals surface area contributed by atoms with Gasteiger partial charge in [0.25, 0.3) is 0 Å². The summed E-state index contributed by atoms with van der Waals surface area (Å²) < 4.78 is 0. The topological polar surface area (TPSA) is 40.5 Å². The molecule has 0 aromatic rings. The minimum Gasteiger partial charge on any atom is -0.394 e. The van der Waals surface area contributed by atoms with Crippen molar-refractivity contribution in [1.82, 2.24) is 4.90 Å². The molecule has 1 rings (SSSR count). The van der Waals surface area contributed by atoms with Gasteiger partial charge in [0, 0.05) is 6.54 Å². The summed E-state index contributed by atoms with van der Waals surface area (Å²) in [5.74, 6) is 0.731. The number of nitrogens with zero attached hydrogens (tertiary/aromatic N) is 1. The maximum absolute atomic E-state index is 11.7. The van der Waals surface area contributed by atoms with Crippen molar-refractivity contribution < 1.29 is 9.90 Å². The molecule has 0 bridgehead atoms. The molecule has 14 heavy (non-hydrogen) atoms. The third kappa shape index (κ3) is 3.17. The van der Waals surface area contributed by atoms with E-state index in [1.807, 2.05) is 4.90 Å². The van der Waals surface area contributed by atoms with Gasteiger partial charge in [0.1, 0.15) is 0 Å². The van der Waals surface area contributed by atoms with Gasteiger partial charge in [-0.1, -0.05) is 13.8 Å². The fraction of sp³-hybridized carbons (Fsp3) is 0.900. The molecule has 1 N–H and O–H groups in total. The Morgan fingerprint density at radius 3 is 2.93 bits per heavy atom. The van der Waals surface area contributed by atoms with Crippen LogP contribution in [0.3, 0.4) is 0 Å². The Balaban J connectivity index is 2.35. The zero-order valence-corrected chi connectivity index (χ0v) is 9.72. The number of aliphatic hydroxyl groups is 1. The zero-order chi connectivity index (χ0) is 10.6. The van der Waals surface area contributed by atoms with Crippen LogP contribution in [0.1, 0.15) is 26.7 Å². The van der Waals surface area contributed by atoms with Crippen LogP contribution in [0.2, 0.25) is 0 Å². The van der Waals surface area contributed by atoms with Gasteiger partial charge in [-0.3, -0.25) is 4.79 Å². The molecule has 0 aromatic heterocycles. The minimum atomic E-state index is 0.0789. The van der Waals surface area contributed by atoms with E-state index >= 15 is 0 Å². The monoisotopic (exact) mass is 217 g/mol. The first-order valence-electron chi connectivity index (χ1n) is 5.17. The van der Waals surface area contributed by atoms with Gasteiger partial charge in [-0.2, -0.15) is 0 Å². The van der Waals surface area contributed by atoms with Crippen LogP contribution >= 0.6 is 11.8 Å². The molecule has 4 heteroatoms. The van der Waals surface area contributed by atoms with Gasteiger partial charge in [0.05, 0.1) is 18.4 Å². The van der Waals surface area contributed by atoms with E-state index in [1.165, 1.54) is 0 Å². The first kappa shape index (κ1) is 11.9. The van der Waals surface area contributed by atoms with Gasteiger partial charge in [-0.05, 0) is 18.1 Å². The number of carbonyl (C=O) groups excluding carboxylic acids is 1. The Labute approximate surface area is 89.9 Å². The van der Waals surface area contributed by atoms with E-state index in [-0.39, 0.29) is 18.6 Å². The predicted molar refractivity (Wildman–Crippen MR) is 59.4 cm³/mol. The molecule has 0 spiro atoms. The van der Waals surface area contributed by atoms with Gasteiger partial charge in [0.15, 0.2) is 0 Å². The van der Waals surface area contributed by atoms with Crippen LogP contribution in [0, 0.1) is 0 Å². The smallest absolute Gasteiger partial charge is 0.232 e. The van der Waals surface area contributed by atoms with Crippen LogP contribution < -0.4 is 0 Å². The van der Waals surface area contributed by atoms with E-state index in [0.717, 1.165) is 19.4 Å². The largest absolute Gasteiger partial charge is 0.394 e. The first-order valence-corrected chi connectivity index (χ1v) is 6.22. The highest BCUT2D eigenvalue weighted by Crippen LogP contribution is 2.19. The summed E-state index contributed by atoms with van der Waals surface area (Å²) in [5, 5.41) is 9.56. The molecule has 82 valence electrons. The highest BCUT2D eigenvalue weighted by molar-refractivity contribution is 8.00. The number of aliphatic hydroxyl groups excluding tert-OH is 1. The fourth-order valence-electron chi connectivity index (χ4n) is 1.67. The van der Waals surface area contributed by atoms with Gasteiger partial charge in [-0.15, -0.1) is 11.8 Å². The molecule has 0 aliphatic carbocycles. The molecule has 1 amide bonds. The number of rotatable bonds is 4. The molecule has 0 aromatic carbocycles. The second-order valence-electron chi connectivity index (χ2n) is 3.93. The Morgan fingerprint density at radius 1 is 1.64 bits per heavy atom. The molecular weight excluding hydrogens is 198 g/mol. The van der Waals surface area contributed by atoms with Crippen molar-refractivity contribution >= 4 is 17.7 Å². The van der Waals surface area contributed by atoms with Crippen LogP contribution in [-0.4, -0.2) is 46.1 Å². The van der Waals surface area contributed by atoms with Crippen LogP contribution in [0.4, 0.5) is 0 Å². The second-order valence-corrected chi connectivity index (χ2v) is 5.49. The van der Waals surface area contributed by atoms with Gasteiger partial charge in [0.2, 0.25) is 5.91 Å². The van der Waals surface area contributed by atoms with Gasteiger partial charge < -0.3 is 10.0 Å². The standard InChI is InChI=1S/C10H19NO2S/c1-8(2)14-7-10(13)11-5-3-4-9(11)6-12/h8-9,12H,3-7H2,1-2H3. The molecule has 0 saturated carbocycles. The Kier molecular flexibility index (Phi) is 4.75. The number of hydrogen-bond donors (Lipinski definition) is 1. The summed E-state index contributed by atoms with van der Waals surface area (Å²) >= 11 is 1.67. The summed E-state index contributed by atoms with van der Waals surface area (Å²) in [4.78, 5) is 13.5. The molecule has 1 saturated heterocycles. The number of likely N-dealkylation sites (tertiary alicyclic amines) is 1. The van der Waals surface area contributed by atoms with Crippen molar-refractivity contribution in [3.8, 4) is 0 Å². The molecule has 1 aliphatic heterocycles. The number of amides is 1. The average Bonchev–Trinajstić information content (AvgIpc) is 2.61. The quantitative estimate of drug-likeness (QED) is 0.767. The van der Waals surface area contributed by atoms with E-state index in [9.17, 15) is 4.79 Å². The van der Waals surface area contributed by atoms with Crippen LogP contribution in [0.5, 0.6) is 0 Å². The van der Waals surface area contributed by atoms with E-state index in [4.69, 9.17) is 5.11 Å². The lowest BCUT2D eigenvalue weighted by Crippen LogP contribution is -2.38. The summed E-state index contributed by atoms with van der Waals surface area (Å²) in [7, 11) is 0. The predicted octanol–water partition coefficient (Wildman–Crippen LogP) is 1.11. The molecule has 3 nitrogen and oxygen atoms in total. The van der Waals surface area contributed by atoms with E-state index in [2.05, 4.69) is 13.8 Å². The number of carbonyl (C=O) groups is 1. The Bertz CT molecular complexity index is 197. The summed E-state index contributed by atoms with van der Waals surface area (Å²) in [5.41, 5.74) is 0. The lowest BCUT2D eigenvalue weighted by molar-refractivity contribution is -0.129. The van der Waals surface area contributed by atoms with Crippen molar-refractivity contribution in [3.63, 3.8) is 0 Å². The SMILES string of the molecule is CC(C)SCC(=O)N1CCCC1CO. The van der Waals surface area contributed by atoms with Crippen molar-refractivity contribution in [2.24, 2.45) is 0 Å². The third-order valence-electron chi connectivity index (χ3n) is 2.45. The second kappa shape index (κ2) is 5.61. The first-order chi connectivity index (χ1) is 6.65. The van der Waals surface area contributed by atoms with E-state index < -0.39 is 0 Å². The molecule has 1 heterocycles. The lowest BCUT2D eigenvalue weighted by Gasteiger charge is -2.23. The maximum Gasteiger partial charge on any atom is 0.232 e. The zero-order valence-electron chi connectivity index (χ0n) is 8.90. The molecule has 1 aliphatic rings. The van der Waals surface area contributed by atoms with Crippen molar-refractivity contribution in [1.29, 1.82) is 0 Å². The van der Waals surface area contributed by atoms with Crippen molar-refractivity contribution in [3.05, 3.63) is 0 Å². The Morgan fingerprint density at radius 2 is 2.36 bits per heavy atom. The normalized spacial score (nSPS) is 22.0. The van der Waals surface area contributed by atoms with Crippen LogP contribution in [0.25, 0.3) is 0 Å². The van der Waals surface area contributed by atoms with Crippen LogP contribution in [-0.2, 0) is 4.79 Å². The lowest BCUT2D eigenvalue weighted by atomic mass is 10.2. The fourth-order valence-corrected chi connectivity index (χ4v) is 2.32. The summed E-state index contributed by atoms with van der Waals surface area (Å²) in [6.45, 7) is 5.11. The number of thioether (sulfide) groups is 1. The molecule has 1 fully saturated rings. The Hall–Kier alpha value is -0.220. The van der Waals surface area contributed by atoms with Gasteiger partial charge in [-0.25, -0.2) is 0 Å². The maximum atomic E-state index is 11.7. The molecule has 0 radical (unpaired) electrons. The molecule has 1 atom stereocenters. The summed E-state index contributed by atoms with van der Waals surface area (Å²) in [6.07, 6.45) is 1.98. The summed E-state index contributed by atoms with van der Waals surface area (Å²) in [6, 6.07) is 0.0789. The van der Waals surface area contributed by atoms with E-state index in [0.29, 0.717) is 11.0 Å². The highest BCUT2D eigenvalue weighted by Gasteiger charge is 2.27. The minimum absolute atomic E-state index is 0.0789. The third-order valence-corrected chi connectivity index (χ3v) is 3.53. The molecule has 1 unspecified atom stereocenters. The van der Waals surface area contributed by atoms with Crippen molar-refractivity contribution in [2.45, 2.75) is 38.0 Å². The average molecular weight is 217 g/mol. The van der Waals surface area contributed by atoms with Gasteiger partial charge >= 0.3 is 0 Å².